The lowest BCUT2D eigenvalue weighted by molar-refractivity contribution is -0.122. The number of amides is 2. The summed E-state index contributed by atoms with van der Waals surface area (Å²) in [5, 5.41) is 10.3. The molecule has 3 aromatic rings. The Morgan fingerprint density at radius 3 is 2.53 bits per heavy atom. The third-order valence-electron chi connectivity index (χ3n) is 6.24. The Hall–Kier alpha value is -3.44. The van der Waals surface area contributed by atoms with Gasteiger partial charge in [-0.3, -0.25) is 9.59 Å². The van der Waals surface area contributed by atoms with Gasteiger partial charge in [0, 0.05) is 16.5 Å². The number of fused-ring (bicyclic) bond motifs is 1. The van der Waals surface area contributed by atoms with Crippen LogP contribution in [0, 0.1) is 30.1 Å². The smallest absolute Gasteiger partial charge is 0.248 e. The lowest BCUT2D eigenvalue weighted by atomic mass is 9.84. The van der Waals surface area contributed by atoms with Crippen molar-refractivity contribution >= 4 is 58.5 Å². The molecule has 2 aliphatic heterocycles. The van der Waals surface area contributed by atoms with Gasteiger partial charge in [-0.05, 0) is 55.5 Å². The maximum Gasteiger partial charge on any atom is 0.248 e. The van der Waals surface area contributed by atoms with E-state index in [1.54, 1.807) is 54.6 Å². The lowest BCUT2D eigenvalue weighted by Crippen LogP contribution is -2.34. The van der Waals surface area contributed by atoms with E-state index in [-0.39, 0.29) is 22.4 Å². The molecule has 6 nitrogen and oxygen atoms in total. The van der Waals surface area contributed by atoms with Crippen LogP contribution in [-0.4, -0.2) is 17.1 Å². The average Bonchev–Trinajstić information content (AvgIpc) is 3.40. The Balaban J connectivity index is 1.48. The summed E-state index contributed by atoms with van der Waals surface area (Å²) in [7, 11) is 0. The molecule has 3 atom stereocenters. The largest absolute Gasteiger partial charge is 0.457 e. The molecule has 9 heteroatoms. The summed E-state index contributed by atoms with van der Waals surface area (Å²) in [5.41, 5.74) is 8.64. The summed E-state index contributed by atoms with van der Waals surface area (Å²) in [6.07, 6.45) is 3.39. The second-order valence-electron chi connectivity index (χ2n) is 8.51. The first-order valence-corrected chi connectivity index (χ1v) is 12.7. The van der Waals surface area contributed by atoms with Crippen LogP contribution >= 0.6 is 35.0 Å². The zero-order chi connectivity index (χ0) is 25.6. The highest BCUT2D eigenvalue weighted by atomic mass is 35.5. The molecule has 180 valence electrons. The maximum absolute atomic E-state index is 13.5. The van der Waals surface area contributed by atoms with Gasteiger partial charge in [0.1, 0.15) is 16.8 Å². The SMILES string of the molecule is Cc1ccc(N2C(=O)[C@H]3[C@H](/C=C/c4ccc(-c5ccc(Cl)cc5Cl)o4)C(C#N)=C(N)S[C@H]3C2=O)cc1. The zero-order valence-corrected chi connectivity index (χ0v) is 21.3. The first kappa shape index (κ1) is 24.3. The number of benzene rings is 2. The van der Waals surface area contributed by atoms with E-state index >= 15 is 0 Å². The Bertz CT molecular complexity index is 1490. The second-order valence-corrected chi connectivity index (χ2v) is 10.5. The van der Waals surface area contributed by atoms with Crippen LogP contribution in [-0.2, 0) is 9.59 Å². The van der Waals surface area contributed by atoms with Crippen LogP contribution in [0.3, 0.4) is 0 Å². The van der Waals surface area contributed by atoms with Crippen LogP contribution in [0.25, 0.3) is 17.4 Å². The highest BCUT2D eigenvalue weighted by Gasteiger charge is 2.55. The van der Waals surface area contributed by atoms with Crippen LogP contribution in [0.1, 0.15) is 11.3 Å². The third-order valence-corrected chi connectivity index (χ3v) is 8.01. The number of nitrogens with two attached hydrogens (primary N) is 1. The van der Waals surface area contributed by atoms with E-state index < -0.39 is 17.1 Å². The monoisotopic (exact) mass is 535 g/mol. The van der Waals surface area contributed by atoms with Gasteiger partial charge in [-0.1, -0.05) is 58.7 Å². The Labute approximate surface area is 222 Å². The topological polar surface area (TPSA) is 100 Å². The molecule has 0 unspecified atom stereocenters. The second kappa shape index (κ2) is 9.55. The minimum absolute atomic E-state index is 0.244. The van der Waals surface area contributed by atoms with Crippen LogP contribution < -0.4 is 10.6 Å². The highest BCUT2D eigenvalue weighted by molar-refractivity contribution is 8.04. The van der Waals surface area contributed by atoms with Crippen LogP contribution in [0.15, 0.2) is 75.7 Å². The molecule has 0 radical (unpaired) electrons. The molecule has 36 heavy (non-hydrogen) atoms. The van der Waals surface area contributed by atoms with Crippen molar-refractivity contribution in [2.24, 2.45) is 17.6 Å². The van der Waals surface area contributed by atoms with Gasteiger partial charge in [0.25, 0.3) is 0 Å². The standard InChI is InChI=1S/C27H19Cl2N3O3S/c1-14-2-5-16(6-3-14)32-26(33)23-18(20(13-30)25(31)36-24(23)27(32)34)10-7-17-8-11-22(35-17)19-9-4-15(28)12-21(19)29/h2-12,18,23-24H,31H2,1H3/b10-7+/t18-,23+,24-/m1/s1. The summed E-state index contributed by atoms with van der Waals surface area (Å²) >= 11 is 13.4. The predicted molar refractivity (Wildman–Crippen MR) is 142 cm³/mol. The first-order chi connectivity index (χ1) is 17.3. The number of imide groups is 1. The average molecular weight is 536 g/mol. The van der Waals surface area contributed by atoms with Crippen molar-refractivity contribution in [3.63, 3.8) is 0 Å². The number of anilines is 1. The number of rotatable bonds is 4. The summed E-state index contributed by atoms with van der Waals surface area (Å²) < 4.78 is 5.93. The summed E-state index contributed by atoms with van der Waals surface area (Å²) in [6, 6.07) is 17.9. The van der Waals surface area contributed by atoms with Gasteiger partial charge < -0.3 is 10.2 Å². The molecule has 0 aliphatic carbocycles. The summed E-state index contributed by atoms with van der Waals surface area (Å²) in [4.78, 5) is 28.0. The van der Waals surface area contributed by atoms with Crippen molar-refractivity contribution in [1.82, 2.24) is 0 Å². The van der Waals surface area contributed by atoms with Crippen LogP contribution in [0.2, 0.25) is 10.0 Å². The Morgan fingerprint density at radius 2 is 1.83 bits per heavy atom. The molecule has 1 aromatic heterocycles. The number of halogens is 2. The molecular formula is C27H19Cl2N3O3S. The molecule has 2 amide bonds. The molecule has 0 bridgehead atoms. The molecule has 1 fully saturated rings. The van der Waals surface area contributed by atoms with Gasteiger partial charge in [-0.25, -0.2) is 4.90 Å². The Morgan fingerprint density at radius 1 is 1.08 bits per heavy atom. The number of aryl methyl sites for hydroxylation is 1. The van der Waals surface area contributed by atoms with Gasteiger partial charge >= 0.3 is 0 Å². The van der Waals surface area contributed by atoms with Gasteiger partial charge in [-0.2, -0.15) is 5.26 Å². The molecule has 2 aromatic carbocycles. The molecule has 1 saturated heterocycles. The molecule has 5 rings (SSSR count). The molecule has 2 N–H and O–H groups in total. The van der Waals surface area contributed by atoms with Crippen molar-refractivity contribution in [2.45, 2.75) is 12.2 Å². The van der Waals surface area contributed by atoms with E-state index in [1.165, 1.54) is 4.90 Å². The number of nitrogens with zero attached hydrogens (tertiary/aromatic N) is 2. The van der Waals surface area contributed by atoms with Crippen molar-refractivity contribution in [1.29, 1.82) is 5.26 Å². The lowest BCUT2D eigenvalue weighted by Gasteiger charge is -2.28. The quantitative estimate of drug-likeness (QED) is 0.399. The van der Waals surface area contributed by atoms with Crippen molar-refractivity contribution in [2.75, 3.05) is 4.90 Å². The minimum Gasteiger partial charge on any atom is -0.457 e. The fourth-order valence-electron chi connectivity index (χ4n) is 4.45. The highest BCUT2D eigenvalue weighted by Crippen LogP contribution is 2.47. The van der Waals surface area contributed by atoms with Crippen molar-refractivity contribution in [3.05, 3.63) is 92.6 Å². The number of hydrogen-bond donors (Lipinski definition) is 1. The molecule has 2 aliphatic rings. The molecule has 3 heterocycles. The minimum atomic E-state index is -0.762. The van der Waals surface area contributed by atoms with E-state index in [4.69, 9.17) is 33.4 Å². The van der Waals surface area contributed by atoms with E-state index in [2.05, 4.69) is 6.07 Å². The summed E-state index contributed by atoms with van der Waals surface area (Å²) in [5.74, 6) is -1.10. The number of hydrogen-bond acceptors (Lipinski definition) is 6. The van der Waals surface area contributed by atoms with E-state index in [0.717, 1.165) is 17.3 Å². The molecule has 0 saturated carbocycles. The van der Waals surface area contributed by atoms with E-state index in [0.29, 0.717) is 32.8 Å². The normalized spacial score (nSPS) is 21.8. The number of allylic oxidation sites excluding steroid dienone is 2. The number of nitriles is 1. The van der Waals surface area contributed by atoms with E-state index in [9.17, 15) is 14.9 Å². The third kappa shape index (κ3) is 4.22. The molecule has 0 spiro atoms. The number of carbonyl (C=O) groups is 2. The fraction of sp³-hybridized carbons (Fsp3) is 0.148. The molecular weight excluding hydrogens is 517 g/mol. The van der Waals surface area contributed by atoms with Crippen molar-refractivity contribution in [3.8, 4) is 17.4 Å². The van der Waals surface area contributed by atoms with E-state index in [1.807, 2.05) is 19.1 Å². The maximum atomic E-state index is 13.5. The number of furan rings is 1. The first-order valence-electron chi connectivity index (χ1n) is 11.0. The van der Waals surface area contributed by atoms with Crippen LogP contribution in [0.4, 0.5) is 5.69 Å². The zero-order valence-electron chi connectivity index (χ0n) is 18.9. The van der Waals surface area contributed by atoms with Gasteiger partial charge in [0.15, 0.2) is 0 Å². The van der Waals surface area contributed by atoms with Crippen LogP contribution in [0.5, 0.6) is 0 Å². The van der Waals surface area contributed by atoms with Crippen molar-refractivity contribution < 1.29 is 14.0 Å². The van der Waals surface area contributed by atoms with Gasteiger partial charge in [0.2, 0.25) is 11.8 Å². The van der Waals surface area contributed by atoms with Gasteiger partial charge in [0.05, 0.1) is 33.3 Å². The fourth-order valence-corrected chi connectivity index (χ4v) is 6.17. The Kier molecular flexibility index (Phi) is 6.44. The number of carbonyl (C=O) groups excluding carboxylic acids is 2. The predicted octanol–water partition coefficient (Wildman–Crippen LogP) is 6.19. The van der Waals surface area contributed by atoms with Gasteiger partial charge in [-0.15, -0.1) is 0 Å². The number of thioether (sulfide) groups is 1. The summed E-state index contributed by atoms with van der Waals surface area (Å²) in [6.45, 7) is 1.93.